The van der Waals surface area contributed by atoms with E-state index >= 15 is 0 Å². The molecule has 10 heteroatoms. The van der Waals surface area contributed by atoms with Gasteiger partial charge in [-0.2, -0.15) is 0 Å². The third-order valence-electron chi connectivity index (χ3n) is 8.23. The predicted molar refractivity (Wildman–Crippen MR) is 186 cm³/mol. The van der Waals surface area contributed by atoms with Crippen LogP contribution >= 0.6 is 27.5 Å². The average Bonchev–Trinajstić information content (AvgIpc) is 3.07. The Morgan fingerprint density at radius 1 is 0.848 bits per heavy atom. The molecular weight excluding hydrogens is 686 g/mol. The molecule has 0 aromatic heterocycles. The van der Waals surface area contributed by atoms with Crippen molar-refractivity contribution in [3.63, 3.8) is 0 Å². The summed E-state index contributed by atoms with van der Waals surface area (Å²) in [6, 6.07) is 30.6. The molecule has 1 aliphatic carbocycles. The number of hydrogen-bond acceptors (Lipinski definition) is 4. The van der Waals surface area contributed by atoms with Crippen LogP contribution in [0.4, 0.5) is 5.69 Å². The Balaban J connectivity index is 1.56. The molecule has 1 aliphatic rings. The number of benzene rings is 4. The molecule has 7 nitrogen and oxygen atoms in total. The molecule has 4 aromatic carbocycles. The van der Waals surface area contributed by atoms with Crippen molar-refractivity contribution >= 4 is 55.1 Å². The van der Waals surface area contributed by atoms with Gasteiger partial charge in [-0.3, -0.25) is 13.9 Å². The van der Waals surface area contributed by atoms with Crippen LogP contribution in [0.1, 0.15) is 43.2 Å². The molecule has 1 N–H and O–H groups in total. The maximum atomic E-state index is 14.6. The summed E-state index contributed by atoms with van der Waals surface area (Å²) < 4.78 is 30.0. The van der Waals surface area contributed by atoms with Gasteiger partial charge in [0.1, 0.15) is 12.6 Å². The number of carbonyl (C=O) groups is 2. The third-order valence-corrected chi connectivity index (χ3v) is 10.9. The Kier molecular flexibility index (Phi) is 11.5. The van der Waals surface area contributed by atoms with E-state index < -0.39 is 28.5 Å². The van der Waals surface area contributed by atoms with Gasteiger partial charge in [0.15, 0.2) is 0 Å². The van der Waals surface area contributed by atoms with E-state index in [1.807, 2.05) is 42.5 Å². The second-order valence-electron chi connectivity index (χ2n) is 11.5. The molecule has 0 bridgehead atoms. The van der Waals surface area contributed by atoms with Crippen molar-refractivity contribution in [2.75, 3.05) is 10.8 Å². The fourth-order valence-corrected chi connectivity index (χ4v) is 7.80. The Labute approximate surface area is 284 Å². The van der Waals surface area contributed by atoms with Gasteiger partial charge in [-0.15, -0.1) is 0 Å². The molecule has 5 rings (SSSR count). The van der Waals surface area contributed by atoms with Crippen LogP contribution in [-0.4, -0.2) is 43.8 Å². The van der Waals surface area contributed by atoms with E-state index in [0.717, 1.165) is 42.0 Å². The number of nitrogens with zero attached hydrogens (tertiary/aromatic N) is 2. The second kappa shape index (κ2) is 15.8. The Bertz CT molecular complexity index is 1730. The molecule has 240 valence electrons. The van der Waals surface area contributed by atoms with Crippen molar-refractivity contribution in [2.24, 2.45) is 0 Å². The van der Waals surface area contributed by atoms with Crippen LogP contribution < -0.4 is 9.62 Å². The standard InChI is InChI=1S/C36H37BrClN3O4S/c37-29-16-12-19-31(24-29)41(46(44,45)32-20-8-3-9-21-32)26-35(42)40(25-28-15-10-11-22-33(28)38)34(23-27-13-4-1-5-14-27)36(43)39-30-17-6-2-7-18-30/h1,3-5,8-16,19-22,24,30,34H,2,6-7,17-18,23,25-26H2,(H,39,43)/t34-/m1/s1. The molecule has 0 saturated heterocycles. The Morgan fingerprint density at radius 3 is 2.17 bits per heavy atom. The lowest BCUT2D eigenvalue weighted by atomic mass is 9.94. The van der Waals surface area contributed by atoms with E-state index in [4.69, 9.17) is 11.6 Å². The number of rotatable bonds is 12. The second-order valence-corrected chi connectivity index (χ2v) is 14.7. The van der Waals surface area contributed by atoms with Crippen LogP contribution in [-0.2, 0) is 32.6 Å². The van der Waals surface area contributed by atoms with E-state index in [-0.39, 0.29) is 29.8 Å². The average molecular weight is 723 g/mol. The van der Waals surface area contributed by atoms with Gasteiger partial charge >= 0.3 is 0 Å². The lowest BCUT2D eigenvalue weighted by Gasteiger charge is -2.35. The maximum Gasteiger partial charge on any atom is 0.264 e. The van der Waals surface area contributed by atoms with E-state index in [1.54, 1.807) is 54.6 Å². The summed E-state index contributed by atoms with van der Waals surface area (Å²) in [7, 11) is -4.17. The van der Waals surface area contributed by atoms with Crippen molar-refractivity contribution in [1.29, 1.82) is 0 Å². The minimum atomic E-state index is -4.17. The SMILES string of the molecule is O=C(NC1CCCCC1)[C@@H](Cc1ccccc1)N(Cc1ccccc1Cl)C(=O)CN(c1cccc(Br)c1)S(=O)(=O)c1ccccc1. The molecule has 1 fully saturated rings. The number of nitrogens with one attached hydrogen (secondary N) is 1. The molecule has 0 heterocycles. The quantitative estimate of drug-likeness (QED) is 0.165. The van der Waals surface area contributed by atoms with Gasteiger partial charge in [0.05, 0.1) is 10.6 Å². The van der Waals surface area contributed by atoms with E-state index in [2.05, 4.69) is 21.2 Å². The smallest absolute Gasteiger partial charge is 0.264 e. The fourth-order valence-electron chi connectivity index (χ4n) is 5.79. The molecule has 0 aliphatic heterocycles. The van der Waals surface area contributed by atoms with Crippen LogP contribution in [0.3, 0.4) is 0 Å². The lowest BCUT2D eigenvalue weighted by Crippen LogP contribution is -2.55. The van der Waals surface area contributed by atoms with Gasteiger partial charge < -0.3 is 10.2 Å². The van der Waals surface area contributed by atoms with Crippen molar-refractivity contribution < 1.29 is 18.0 Å². The Morgan fingerprint density at radius 2 is 1.50 bits per heavy atom. The molecule has 1 saturated carbocycles. The highest BCUT2D eigenvalue weighted by atomic mass is 79.9. The number of carbonyl (C=O) groups excluding carboxylic acids is 2. The first-order valence-electron chi connectivity index (χ1n) is 15.4. The summed E-state index contributed by atoms with van der Waals surface area (Å²) >= 11 is 10.0. The molecule has 4 aromatic rings. The van der Waals surface area contributed by atoms with Crippen LogP contribution in [0.15, 0.2) is 119 Å². The number of sulfonamides is 1. The molecule has 46 heavy (non-hydrogen) atoms. The van der Waals surface area contributed by atoms with Gasteiger partial charge in [-0.1, -0.05) is 120 Å². The van der Waals surface area contributed by atoms with Crippen molar-refractivity contribution in [3.8, 4) is 0 Å². The molecule has 0 radical (unpaired) electrons. The van der Waals surface area contributed by atoms with E-state index in [0.29, 0.717) is 20.7 Å². The van der Waals surface area contributed by atoms with Gasteiger partial charge in [0, 0.05) is 28.5 Å². The zero-order chi connectivity index (χ0) is 32.5. The minimum Gasteiger partial charge on any atom is -0.352 e. The van der Waals surface area contributed by atoms with Crippen LogP contribution in [0.5, 0.6) is 0 Å². The maximum absolute atomic E-state index is 14.6. The highest BCUT2D eigenvalue weighted by Crippen LogP contribution is 2.28. The molecule has 2 amide bonds. The van der Waals surface area contributed by atoms with Crippen molar-refractivity contribution in [2.45, 2.75) is 62.0 Å². The number of anilines is 1. The minimum absolute atomic E-state index is 0.0196. The lowest BCUT2D eigenvalue weighted by molar-refractivity contribution is -0.140. The van der Waals surface area contributed by atoms with E-state index in [9.17, 15) is 18.0 Å². The highest BCUT2D eigenvalue weighted by molar-refractivity contribution is 9.10. The summed E-state index contributed by atoms with van der Waals surface area (Å²) in [5.74, 6) is -0.796. The van der Waals surface area contributed by atoms with E-state index in [1.165, 1.54) is 17.0 Å². The summed E-state index contributed by atoms with van der Waals surface area (Å²) in [5.41, 5.74) is 1.85. The number of amides is 2. The third kappa shape index (κ3) is 8.57. The number of halogens is 2. The molecule has 0 unspecified atom stereocenters. The molecule has 1 atom stereocenters. The zero-order valence-corrected chi connectivity index (χ0v) is 28.6. The van der Waals surface area contributed by atoms with Gasteiger partial charge in [-0.05, 0) is 60.4 Å². The largest absolute Gasteiger partial charge is 0.352 e. The van der Waals surface area contributed by atoms with Gasteiger partial charge in [0.2, 0.25) is 11.8 Å². The summed E-state index contributed by atoms with van der Waals surface area (Å²) in [6.45, 7) is -0.508. The monoisotopic (exact) mass is 721 g/mol. The first kappa shape index (κ1) is 33.7. The highest BCUT2D eigenvalue weighted by Gasteiger charge is 2.35. The molecule has 0 spiro atoms. The van der Waals surface area contributed by atoms with Crippen LogP contribution in [0, 0.1) is 0 Å². The number of hydrogen-bond donors (Lipinski definition) is 1. The van der Waals surface area contributed by atoms with Gasteiger partial charge in [-0.25, -0.2) is 8.42 Å². The Hall–Kier alpha value is -3.66. The normalized spacial score (nSPS) is 14.3. The topological polar surface area (TPSA) is 86.8 Å². The van der Waals surface area contributed by atoms with Gasteiger partial charge in [0.25, 0.3) is 10.0 Å². The summed E-state index contributed by atoms with van der Waals surface area (Å²) in [4.78, 5) is 30.3. The summed E-state index contributed by atoms with van der Waals surface area (Å²) in [6.07, 6.45) is 5.23. The van der Waals surface area contributed by atoms with Crippen LogP contribution in [0.2, 0.25) is 5.02 Å². The fraction of sp³-hybridized carbons (Fsp3) is 0.278. The summed E-state index contributed by atoms with van der Waals surface area (Å²) in [5, 5.41) is 3.67. The first-order chi connectivity index (χ1) is 22.2. The van der Waals surface area contributed by atoms with Crippen molar-refractivity contribution in [3.05, 3.63) is 130 Å². The predicted octanol–water partition coefficient (Wildman–Crippen LogP) is 7.39. The van der Waals surface area contributed by atoms with Crippen LogP contribution in [0.25, 0.3) is 0 Å². The molecular formula is C36H37BrClN3O4S. The zero-order valence-electron chi connectivity index (χ0n) is 25.4. The van der Waals surface area contributed by atoms with Crippen molar-refractivity contribution in [1.82, 2.24) is 10.2 Å². The first-order valence-corrected chi connectivity index (χ1v) is 18.0.